The zero-order valence-electron chi connectivity index (χ0n) is 12.3. The molecule has 0 N–H and O–H groups in total. The second-order valence-electron chi connectivity index (χ2n) is 4.29. The van der Waals surface area contributed by atoms with Gasteiger partial charge >= 0.3 is 0 Å². The van der Waals surface area contributed by atoms with E-state index in [0.717, 1.165) is 32.1 Å². The van der Waals surface area contributed by atoms with E-state index in [1.807, 2.05) is 0 Å². The Morgan fingerprint density at radius 1 is 0.632 bits per heavy atom. The summed E-state index contributed by atoms with van der Waals surface area (Å²) in [7, 11) is 0. The first-order chi connectivity index (χ1) is 9.33. The molecule has 0 aliphatic carbocycles. The molecule has 0 spiro atoms. The highest BCUT2D eigenvalue weighted by Crippen LogP contribution is 2.04. The average molecular weight is 276 g/mol. The van der Waals surface area contributed by atoms with Gasteiger partial charge in [-0.2, -0.15) is 0 Å². The summed E-state index contributed by atoms with van der Waals surface area (Å²) < 4.78 is 0. The van der Waals surface area contributed by atoms with Crippen LogP contribution in [-0.4, -0.2) is 13.2 Å². The molecular formula is C13H28N2O4. The Labute approximate surface area is 116 Å². The van der Waals surface area contributed by atoms with Crippen LogP contribution < -0.4 is 0 Å². The summed E-state index contributed by atoms with van der Waals surface area (Å²) in [4.78, 5) is 27.3. The van der Waals surface area contributed by atoms with E-state index in [4.69, 9.17) is 0 Å². The van der Waals surface area contributed by atoms with E-state index in [9.17, 15) is 9.81 Å². The molecule has 0 heterocycles. The molecule has 0 rings (SSSR count). The first kappa shape index (κ1) is 20.1. The molecule has 0 radical (unpaired) electrons. The zero-order valence-corrected chi connectivity index (χ0v) is 12.3. The SMILES string of the molecule is CCCCCCCCON=O.CCCCCON=O. The fraction of sp³-hybridized carbons (Fsp3) is 1.00. The van der Waals surface area contributed by atoms with Gasteiger partial charge in [0.1, 0.15) is 13.2 Å². The van der Waals surface area contributed by atoms with Gasteiger partial charge in [-0.15, -0.1) is 9.81 Å². The normalized spacial score (nSPS) is 9.16. The monoisotopic (exact) mass is 276 g/mol. The Balaban J connectivity index is 0. The Bertz CT molecular complexity index is 180. The van der Waals surface area contributed by atoms with Gasteiger partial charge in [0.05, 0.1) is 0 Å². The third-order valence-electron chi connectivity index (χ3n) is 2.53. The molecule has 0 aromatic rings. The summed E-state index contributed by atoms with van der Waals surface area (Å²) in [6.07, 6.45) is 10.4. The molecule has 0 aromatic carbocycles. The lowest BCUT2D eigenvalue weighted by Crippen LogP contribution is -1.86. The van der Waals surface area contributed by atoms with E-state index < -0.39 is 0 Å². The van der Waals surface area contributed by atoms with Gasteiger partial charge in [0.25, 0.3) is 0 Å². The van der Waals surface area contributed by atoms with Crippen molar-refractivity contribution in [3.05, 3.63) is 9.81 Å². The third-order valence-corrected chi connectivity index (χ3v) is 2.53. The molecule has 0 aliphatic heterocycles. The molecule has 0 aliphatic rings. The Hall–Kier alpha value is -1.20. The van der Waals surface area contributed by atoms with Crippen molar-refractivity contribution in [1.29, 1.82) is 0 Å². The second kappa shape index (κ2) is 22.0. The average Bonchev–Trinajstić information content (AvgIpc) is 2.44. The molecule has 6 heteroatoms. The molecule has 0 aromatic heterocycles. The lowest BCUT2D eigenvalue weighted by atomic mass is 10.1. The van der Waals surface area contributed by atoms with Crippen molar-refractivity contribution in [2.45, 2.75) is 71.6 Å². The maximum Gasteiger partial charge on any atom is 0.155 e. The maximum atomic E-state index is 9.47. The molecule has 0 bridgehead atoms. The molecule has 0 amide bonds. The summed E-state index contributed by atoms with van der Waals surface area (Å²) >= 11 is 0. The smallest absolute Gasteiger partial charge is 0.155 e. The van der Waals surface area contributed by atoms with Gasteiger partial charge in [-0.25, -0.2) is 0 Å². The minimum atomic E-state index is 0.470. The van der Waals surface area contributed by atoms with Gasteiger partial charge in [-0.1, -0.05) is 52.4 Å². The van der Waals surface area contributed by atoms with Crippen LogP contribution in [0.15, 0.2) is 10.7 Å². The number of rotatable bonds is 13. The van der Waals surface area contributed by atoms with Crippen LogP contribution in [0, 0.1) is 9.81 Å². The summed E-state index contributed by atoms with van der Waals surface area (Å²) in [5.74, 6) is 0. The molecule has 0 unspecified atom stereocenters. The Morgan fingerprint density at radius 3 is 1.47 bits per heavy atom. The molecule has 0 saturated heterocycles. The topological polar surface area (TPSA) is 77.3 Å². The molecular weight excluding hydrogens is 248 g/mol. The van der Waals surface area contributed by atoms with Gasteiger partial charge in [-0.05, 0) is 19.3 Å². The van der Waals surface area contributed by atoms with E-state index in [-0.39, 0.29) is 0 Å². The van der Waals surface area contributed by atoms with Crippen LogP contribution in [-0.2, 0) is 9.68 Å². The van der Waals surface area contributed by atoms with Crippen LogP contribution in [0.1, 0.15) is 71.6 Å². The summed E-state index contributed by atoms with van der Waals surface area (Å²) in [5.41, 5.74) is 0. The van der Waals surface area contributed by atoms with Gasteiger partial charge in [0.2, 0.25) is 0 Å². The van der Waals surface area contributed by atoms with Gasteiger partial charge in [0.15, 0.2) is 10.7 Å². The quantitative estimate of drug-likeness (QED) is 0.272. The van der Waals surface area contributed by atoms with Crippen LogP contribution in [0.2, 0.25) is 0 Å². The van der Waals surface area contributed by atoms with Crippen LogP contribution >= 0.6 is 0 Å². The van der Waals surface area contributed by atoms with Crippen molar-refractivity contribution in [1.82, 2.24) is 0 Å². The van der Waals surface area contributed by atoms with Crippen LogP contribution in [0.5, 0.6) is 0 Å². The minimum absolute atomic E-state index is 0.470. The highest BCUT2D eigenvalue weighted by atomic mass is 16.7. The van der Waals surface area contributed by atoms with Crippen molar-refractivity contribution in [2.24, 2.45) is 10.7 Å². The Kier molecular flexibility index (Phi) is 23.3. The second-order valence-corrected chi connectivity index (χ2v) is 4.29. The predicted octanol–water partition coefficient (Wildman–Crippen LogP) is 4.92. The first-order valence-electron chi connectivity index (χ1n) is 7.22. The van der Waals surface area contributed by atoms with Gasteiger partial charge in [-0.3, -0.25) is 0 Å². The highest BCUT2D eigenvalue weighted by Gasteiger charge is 1.89. The number of unbranched alkanes of at least 4 members (excludes halogenated alkanes) is 7. The Morgan fingerprint density at radius 2 is 1.00 bits per heavy atom. The van der Waals surface area contributed by atoms with E-state index in [1.165, 1.54) is 25.7 Å². The lowest BCUT2D eigenvalue weighted by molar-refractivity contribution is 0.135. The molecule has 19 heavy (non-hydrogen) atoms. The number of nitrogens with zero attached hydrogens (tertiary/aromatic N) is 2. The van der Waals surface area contributed by atoms with E-state index in [1.54, 1.807) is 0 Å². The van der Waals surface area contributed by atoms with Crippen molar-refractivity contribution >= 4 is 0 Å². The third kappa shape index (κ3) is 26.4. The lowest BCUT2D eigenvalue weighted by Gasteiger charge is -1.97. The van der Waals surface area contributed by atoms with E-state index in [0.29, 0.717) is 13.2 Å². The molecule has 114 valence electrons. The van der Waals surface area contributed by atoms with Crippen molar-refractivity contribution in [2.75, 3.05) is 13.2 Å². The summed E-state index contributed by atoms with van der Waals surface area (Å²) in [6, 6.07) is 0. The fourth-order valence-electron chi connectivity index (χ4n) is 1.44. The van der Waals surface area contributed by atoms with Crippen LogP contribution in [0.25, 0.3) is 0 Å². The number of hydrogen-bond acceptors (Lipinski definition) is 6. The fourth-order valence-corrected chi connectivity index (χ4v) is 1.44. The minimum Gasteiger partial charge on any atom is -0.364 e. The van der Waals surface area contributed by atoms with Gasteiger partial charge in [0, 0.05) is 0 Å². The maximum absolute atomic E-state index is 9.47. The largest absolute Gasteiger partial charge is 0.364 e. The van der Waals surface area contributed by atoms with Crippen molar-refractivity contribution in [3.63, 3.8) is 0 Å². The molecule has 0 atom stereocenters. The predicted molar refractivity (Wildman–Crippen MR) is 76.4 cm³/mol. The van der Waals surface area contributed by atoms with Crippen molar-refractivity contribution < 1.29 is 9.68 Å². The standard InChI is InChI=1S/C8H17NO2.C5H11NO2/c1-2-3-4-5-6-7-8-11-9-10;1-2-3-4-5-8-6-7/h2-8H2,1H3;2-5H2,1H3. The van der Waals surface area contributed by atoms with Crippen molar-refractivity contribution in [3.8, 4) is 0 Å². The molecule has 0 fully saturated rings. The first-order valence-corrected chi connectivity index (χ1v) is 7.22. The number of hydrogen-bond donors (Lipinski definition) is 0. The summed E-state index contributed by atoms with van der Waals surface area (Å²) in [6.45, 7) is 5.24. The summed E-state index contributed by atoms with van der Waals surface area (Å²) in [5, 5.41) is 4.58. The van der Waals surface area contributed by atoms with Gasteiger partial charge < -0.3 is 9.68 Å². The van der Waals surface area contributed by atoms with Crippen LogP contribution in [0.4, 0.5) is 0 Å². The zero-order chi connectivity index (χ0) is 14.6. The van der Waals surface area contributed by atoms with Crippen LogP contribution in [0.3, 0.4) is 0 Å². The molecule has 0 saturated carbocycles. The van der Waals surface area contributed by atoms with E-state index >= 15 is 0 Å². The van der Waals surface area contributed by atoms with E-state index in [2.05, 4.69) is 34.2 Å². The molecule has 6 nitrogen and oxygen atoms in total. The highest BCUT2D eigenvalue weighted by molar-refractivity contribution is 4.42.